The number of halogens is 1. The third-order valence-electron chi connectivity index (χ3n) is 2.91. The second-order valence-corrected chi connectivity index (χ2v) is 4.73. The second kappa shape index (κ2) is 5.87. The molecule has 1 heterocycles. The molecular formula is C13H15FN3P. The Kier molecular flexibility index (Phi) is 4.21. The Bertz CT molecular complexity index is 461. The number of aliphatic imine (C=N–C) groups is 1. The van der Waals surface area contributed by atoms with Crippen LogP contribution in [-0.2, 0) is 0 Å². The summed E-state index contributed by atoms with van der Waals surface area (Å²) >= 11 is 0. The summed E-state index contributed by atoms with van der Waals surface area (Å²) in [6.07, 6.45) is 3.46. The Morgan fingerprint density at radius 1 is 1.39 bits per heavy atom. The SMILES string of the molecule is C=NN1/C(=N\CP=C)C(F)CC1c1ccccc1. The molecule has 1 fully saturated rings. The molecule has 18 heavy (non-hydrogen) atoms. The van der Waals surface area contributed by atoms with Gasteiger partial charge in [0.2, 0.25) is 0 Å². The number of benzene rings is 1. The Morgan fingerprint density at radius 2 is 2.11 bits per heavy atom. The van der Waals surface area contributed by atoms with E-state index >= 15 is 0 Å². The Hall–Kier alpha value is -1.54. The van der Waals surface area contributed by atoms with Crippen molar-refractivity contribution in [2.24, 2.45) is 10.1 Å². The van der Waals surface area contributed by atoms with Gasteiger partial charge in [0.05, 0.1) is 12.3 Å². The highest BCUT2D eigenvalue weighted by atomic mass is 31.1. The van der Waals surface area contributed by atoms with E-state index in [-0.39, 0.29) is 6.04 Å². The van der Waals surface area contributed by atoms with Gasteiger partial charge in [-0.05, 0) is 5.56 Å². The van der Waals surface area contributed by atoms with E-state index in [1.54, 1.807) is 5.01 Å². The highest BCUT2D eigenvalue weighted by Gasteiger charge is 2.38. The summed E-state index contributed by atoms with van der Waals surface area (Å²) in [6.45, 7) is 3.52. The van der Waals surface area contributed by atoms with Gasteiger partial charge in [-0.15, -0.1) is 0 Å². The third-order valence-corrected chi connectivity index (χ3v) is 3.25. The van der Waals surface area contributed by atoms with Crippen LogP contribution in [0, 0.1) is 0 Å². The van der Waals surface area contributed by atoms with Crippen LogP contribution in [0.15, 0.2) is 40.4 Å². The molecule has 94 valence electrons. The molecule has 0 amide bonds. The Balaban J connectivity index is 2.29. The standard InChI is InChI=1S/C13H15FN3P/c1-15-17-12(10-6-4-3-5-7-10)8-11(14)13(17)16-9-18-2/h3-7,11-12H,1-2,8-9H2/b16-13-. The molecule has 1 aromatic rings. The smallest absolute Gasteiger partial charge is 0.161 e. The predicted molar refractivity (Wildman–Crippen MR) is 76.4 cm³/mol. The van der Waals surface area contributed by atoms with E-state index in [9.17, 15) is 4.39 Å². The maximum Gasteiger partial charge on any atom is 0.161 e. The summed E-state index contributed by atoms with van der Waals surface area (Å²) in [5.74, 6) is 0.370. The minimum absolute atomic E-state index is 0.112. The van der Waals surface area contributed by atoms with E-state index in [1.807, 2.05) is 30.3 Å². The number of nitrogens with zero attached hydrogens (tertiary/aromatic N) is 3. The summed E-state index contributed by atoms with van der Waals surface area (Å²) in [5.41, 5.74) is 1.03. The summed E-state index contributed by atoms with van der Waals surface area (Å²) < 4.78 is 14.0. The van der Waals surface area contributed by atoms with E-state index in [4.69, 9.17) is 0 Å². The zero-order valence-electron chi connectivity index (χ0n) is 10.0. The molecule has 1 aliphatic heterocycles. The third kappa shape index (κ3) is 2.49. The molecule has 0 radical (unpaired) electrons. The average Bonchev–Trinajstić information content (AvgIpc) is 2.73. The van der Waals surface area contributed by atoms with Crippen LogP contribution in [-0.4, -0.2) is 36.3 Å². The molecule has 0 bridgehead atoms. The Labute approximate surface area is 108 Å². The monoisotopic (exact) mass is 263 g/mol. The van der Waals surface area contributed by atoms with E-state index in [0.29, 0.717) is 18.5 Å². The van der Waals surface area contributed by atoms with Crippen LogP contribution < -0.4 is 0 Å². The highest BCUT2D eigenvalue weighted by molar-refractivity contribution is 7.36. The van der Waals surface area contributed by atoms with Gasteiger partial charge < -0.3 is 0 Å². The summed E-state index contributed by atoms with van der Waals surface area (Å²) in [4.78, 5) is 4.21. The maximum absolute atomic E-state index is 14.0. The quantitative estimate of drug-likeness (QED) is 0.606. The van der Waals surface area contributed by atoms with Crippen LogP contribution in [0.25, 0.3) is 0 Å². The van der Waals surface area contributed by atoms with Crippen molar-refractivity contribution < 1.29 is 4.39 Å². The topological polar surface area (TPSA) is 28.0 Å². The van der Waals surface area contributed by atoms with Crippen molar-refractivity contribution in [3.63, 3.8) is 0 Å². The molecule has 0 saturated carbocycles. The molecule has 0 aromatic heterocycles. The zero-order chi connectivity index (χ0) is 13.0. The number of hydrogen-bond acceptors (Lipinski definition) is 2. The molecule has 2 rings (SSSR count). The second-order valence-electron chi connectivity index (χ2n) is 4.00. The van der Waals surface area contributed by atoms with Crippen molar-refractivity contribution in [1.82, 2.24) is 5.01 Å². The lowest BCUT2D eigenvalue weighted by Crippen LogP contribution is -2.25. The lowest BCUT2D eigenvalue weighted by Gasteiger charge is -2.20. The van der Waals surface area contributed by atoms with E-state index in [0.717, 1.165) is 13.8 Å². The normalized spacial score (nSPS) is 25.8. The number of hydrogen-bond donors (Lipinski definition) is 0. The molecule has 0 spiro atoms. The molecule has 0 N–H and O–H groups in total. The first kappa shape index (κ1) is 12.9. The van der Waals surface area contributed by atoms with E-state index < -0.39 is 6.17 Å². The first-order valence-electron chi connectivity index (χ1n) is 5.69. The summed E-state index contributed by atoms with van der Waals surface area (Å²) in [5, 5.41) is 5.51. The molecule has 5 heteroatoms. The van der Waals surface area contributed by atoms with Crippen LogP contribution in [0.3, 0.4) is 0 Å². The van der Waals surface area contributed by atoms with Gasteiger partial charge in [0.25, 0.3) is 0 Å². The predicted octanol–water partition coefficient (Wildman–Crippen LogP) is 3.12. The largest absolute Gasteiger partial charge is 0.259 e. The fourth-order valence-corrected chi connectivity index (χ4v) is 2.37. The van der Waals surface area contributed by atoms with Crippen molar-refractivity contribution in [1.29, 1.82) is 0 Å². The zero-order valence-corrected chi connectivity index (χ0v) is 10.9. The van der Waals surface area contributed by atoms with Crippen LogP contribution >= 0.6 is 8.20 Å². The molecule has 1 aromatic carbocycles. The molecule has 2 unspecified atom stereocenters. The Morgan fingerprint density at radius 3 is 2.72 bits per heavy atom. The molecule has 2 atom stereocenters. The van der Waals surface area contributed by atoms with Crippen molar-refractivity contribution in [3.8, 4) is 0 Å². The fourth-order valence-electron chi connectivity index (χ4n) is 2.12. The molecular weight excluding hydrogens is 248 g/mol. The summed E-state index contributed by atoms with van der Waals surface area (Å²) in [7, 11) is 0.869. The number of amidine groups is 1. The van der Waals surface area contributed by atoms with E-state index in [1.165, 1.54) is 0 Å². The first-order chi connectivity index (χ1) is 8.77. The fraction of sp³-hybridized carbons (Fsp3) is 0.308. The molecule has 3 nitrogen and oxygen atoms in total. The van der Waals surface area contributed by atoms with Gasteiger partial charge in [-0.3, -0.25) is 4.99 Å². The van der Waals surface area contributed by atoms with Gasteiger partial charge in [-0.1, -0.05) is 44.8 Å². The van der Waals surface area contributed by atoms with Crippen molar-refractivity contribution in [3.05, 3.63) is 35.9 Å². The average molecular weight is 263 g/mol. The van der Waals surface area contributed by atoms with E-state index in [2.05, 4.69) is 23.1 Å². The van der Waals surface area contributed by atoms with Crippen molar-refractivity contribution >= 4 is 27.1 Å². The number of alkyl halides is 1. The lowest BCUT2D eigenvalue weighted by atomic mass is 10.1. The highest BCUT2D eigenvalue weighted by Crippen LogP contribution is 2.35. The van der Waals surface area contributed by atoms with Gasteiger partial charge >= 0.3 is 0 Å². The van der Waals surface area contributed by atoms with Gasteiger partial charge in [-0.25, -0.2) is 9.40 Å². The number of hydrazone groups is 1. The number of rotatable bonds is 4. The van der Waals surface area contributed by atoms with Crippen LogP contribution in [0.2, 0.25) is 0 Å². The van der Waals surface area contributed by atoms with Gasteiger partial charge in [0, 0.05) is 13.1 Å². The van der Waals surface area contributed by atoms with Crippen molar-refractivity contribution in [2.45, 2.75) is 18.6 Å². The minimum Gasteiger partial charge on any atom is -0.259 e. The van der Waals surface area contributed by atoms with Crippen molar-refractivity contribution in [2.75, 3.05) is 6.29 Å². The molecule has 0 aliphatic carbocycles. The van der Waals surface area contributed by atoms with Gasteiger partial charge in [0.1, 0.15) is 0 Å². The lowest BCUT2D eigenvalue weighted by molar-refractivity contribution is 0.346. The molecule has 1 aliphatic rings. The van der Waals surface area contributed by atoms with Crippen LogP contribution in [0.5, 0.6) is 0 Å². The van der Waals surface area contributed by atoms with Crippen LogP contribution in [0.1, 0.15) is 18.0 Å². The van der Waals surface area contributed by atoms with Crippen LogP contribution in [0.4, 0.5) is 4.39 Å². The first-order valence-corrected chi connectivity index (χ1v) is 6.96. The summed E-state index contributed by atoms with van der Waals surface area (Å²) in [6, 6.07) is 9.64. The maximum atomic E-state index is 14.0. The van der Waals surface area contributed by atoms with Gasteiger partial charge in [0.15, 0.2) is 12.0 Å². The van der Waals surface area contributed by atoms with Gasteiger partial charge in [-0.2, -0.15) is 5.10 Å². The molecule has 1 saturated heterocycles. The minimum atomic E-state index is -1.08.